The summed E-state index contributed by atoms with van der Waals surface area (Å²) in [6, 6.07) is 0. The Balaban J connectivity index is -0.000000145. The summed E-state index contributed by atoms with van der Waals surface area (Å²) in [5.41, 5.74) is 0. The van der Waals surface area contributed by atoms with Gasteiger partial charge in [0.05, 0.1) is 0 Å². The van der Waals surface area contributed by atoms with Crippen molar-refractivity contribution in [3.8, 4) is 0 Å². The van der Waals surface area contributed by atoms with E-state index in [1.54, 1.807) is 0 Å². The standard InChI is InChI=1S/2C14H30S.2CH4.Sn/c2*1-2-3-4-5-6-7-8-9-10-11-12-13-14-15;;;/h2*15H,2-14H2,1H3;2*1H4;/q;;;;+2/p-2. The first-order valence-electron chi connectivity index (χ1n) is 14.0. The molecule has 0 unspecified atom stereocenters. The Labute approximate surface area is 242 Å². The quantitative estimate of drug-likeness (QED) is 0.0607. The minimum atomic E-state index is 0. The molecule has 0 nitrogen and oxygen atoms in total. The van der Waals surface area contributed by atoms with Crippen molar-refractivity contribution in [2.24, 2.45) is 0 Å². The second kappa shape index (κ2) is 46.8. The predicted molar refractivity (Wildman–Crippen MR) is 166 cm³/mol. The summed E-state index contributed by atoms with van der Waals surface area (Å²) in [6.07, 6.45) is 34.0. The van der Waals surface area contributed by atoms with Crippen LogP contribution in [0, 0.1) is 0 Å². The van der Waals surface area contributed by atoms with E-state index in [0.29, 0.717) is 0 Å². The summed E-state index contributed by atoms with van der Waals surface area (Å²) in [7, 11) is 0. The van der Waals surface area contributed by atoms with Gasteiger partial charge in [-0.1, -0.05) is 183 Å². The van der Waals surface area contributed by atoms with Crippen LogP contribution in [0.25, 0.3) is 0 Å². The molecule has 0 aliphatic rings. The summed E-state index contributed by atoms with van der Waals surface area (Å²) >= 11 is 9.84. The maximum Gasteiger partial charge on any atom is 2.00 e. The number of hydrogen-bond acceptors (Lipinski definition) is 2. The molecule has 3 heteroatoms. The molecule has 33 heavy (non-hydrogen) atoms. The van der Waals surface area contributed by atoms with Gasteiger partial charge in [-0.05, 0) is 0 Å². The first kappa shape index (κ1) is 44.5. The molecule has 0 aromatic heterocycles. The molecular weight excluding hydrogens is 543 g/mol. The Morgan fingerprint density at radius 1 is 0.303 bits per heavy atom. The average molecular weight is 610 g/mol. The van der Waals surface area contributed by atoms with Gasteiger partial charge in [-0.3, -0.25) is 0 Å². The van der Waals surface area contributed by atoms with Crippen LogP contribution in [0.1, 0.15) is 183 Å². The Kier molecular flexibility index (Phi) is 63.1. The van der Waals surface area contributed by atoms with E-state index in [-0.39, 0.29) is 38.8 Å². The molecule has 0 saturated carbocycles. The van der Waals surface area contributed by atoms with Crippen LogP contribution in [0.15, 0.2) is 0 Å². The molecule has 0 bridgehead atoms. The molecule has 2 radical (unpaired) electrons. The van der Waals surface area contributed by atoms with Crippen LogP contribution in [0.3, 0.4) is 0 Å². The molecule has 0 aromatic carbocycles. The van der Waals surface area contributed by atoms with Gasteiger partial charge in [-0.15, -0.1) is 0 Å². The van der Waals surface area contributed by atoms with Gasteiger partial charge in [0.1, 0.15) is 0 Å². The van der Waals surface area contributed by atoms with Gasteiger partial charge in [-0.2, -0.15) is 11.5 Å². The van der Waals surface area contributed by atoms with E-state index < -0.39 is 0 Å². The number of rotatable bonds is 24. The molecule has 0 aliphatic heterocycles. The van der Waals surface area contributed by atoms with Gasteiger partial charge in [0.2, 0.25) is 0 Å². The van der Waals surface area contributed by atoms with Crippen molar-refractivity contribution in [2.75, 3.05) is 11.5 Å². The van der Waals surface area contributed by atoms with E-state index in [2.05, 4.69) is 13.8 Å². The van der Waals surface area contributed by atoms with Crippen LogP contribution < -0.4 is 0 Å². The molecule has 0 spiro atoms. The zero-order valence-electron chi connectivity index (χ0n) is 21.7. The summed E-state index contributed by atoms with van der Waals surface area (Å²) in [5.74, 6) is 1.91. The fourth-order valence-corrected chi connectivity index (χ4v) is 4.29. The normalized spacial score (nSPS) is 9.82. The molecule has 202 valence electrons. The van der Waals surface area contributed by atoms with Gasteiger partial charge < -0.3 is 25.3 Å². The predicted octanol–water partition coefficient (Wildman–Crippen LogP) is 11.4. The van der Waals surface area contributed by atoms with E-state index in [9.17, 15) is 0 Å². The molecule has 0 saturated heterocycles. The zero-order chi connectivity index (χ0) is 22.4. The average Bonchev–Trinajstić information content (AvgIpc) is 2.76. The van der Waals surface area contributed by atoms with Crippen molar-refractivity contribution >= 4 is 49.2 Å². The summed E-state index contributed by atoms with van der Waals surface area (Å²) < 4.78 is 0. The van der Waals surface area contributed by atoms with Crippen LogP contribution in [0.4, 0.5) is 0 Å². The Morgan fingerprint density at radius 3 is 0.606 bits per heavy atom. The second-order valence-electron chi connectivity index (χ2n) is 9.19. The molecule has 0 atom stereocenters. The van der Waals surface area contributed by atoms with Crippen molar-refractivity contribution in [3.05, 3.63) is 0 Å². The Bertz CT molecular complexity index is 212. The smallest absolute Gasteiger partial charge is 0.793 e. The molecule has 0 heterocycles. The fraction of sp³-hybridized carbons (Fsp3) is 1.00. The largest absolute Gasteiger partial charge is 2.00 e. The number of unbranched alkanes of at least 4 members (excludes halogenated alkanes) is 22. The molecule has 0 amide bonds. The Hall–Kier alpha value is 1.50. The van der Waals surface area contributed by atoms with Crippen molar-refractivity contribution < 1.29 is 0 Å². The van der Waals surface area contributed by atoms with Crippen LogP contribution in [-0.2, 0) is 25.3 Å². The van der Waals surface area contributed by atoms with Crippen molar-refractivity contribution in [2.45, 2.75) is 183 Å². The minimum Gasteiger partial charge on any atom is -0.793 e. The van der Waals surface area contributed by atoms with Gasteiger partial charge in [-0.25, -0.2) is 0 Å². The van der Waals surface area contributed by atoms with E-state index >= 15 is 0 Å². The van der Waals surface area contributed by atoms with Crippen LogP contribution in [0.2, 0.25) is 0 Å². The van der Waals surface area contributed by atoms with Gasteiger partial charge in [0, 0.05) is 0 Å². The van der Waals surface area contributed by atoms with Crippen molar-refractivity contribution in [1.82, 2.24) is 0 Å². The van der Waals surface area contributed by atoms with Gasteiger partial charge >= 0.3 is 23.9 Å². The van der Waals surface area contributed by atoms with E-state index in [1.165, 1.54) is 154 Å². The summed E-state index contributed by atoms with van der Waals surface area (Å²) in [5, 5.41) is 0. The van der Waals surface area contributed by atoms with Crippen molar-refractivity contribution in [1.29, 1.82) is 0 Å². The molecule has 0 aromatic rings. The molecule has 0 fully saturated rings. The summed E-state index contributed by atoms with van der Waals surface area (Å²) in [6.45, 7) is 4.56. The van der Waals surface area contributed by atoms with Crippen LogP contribution in [0.5, 0.6) is 0 Å². The van der Waals surface area contributed by atoms with Gasteiger partial charge in [0.15, 0.2) is 0 Å². The monoisotopic (exact) mass is 610 g/mol. The zero-order valence-corrected chi connectivity index (χ0v) is 26.2. The maximum atomic E-state index is 4.92. The topological polar surface area (TPSA) is 0 Å². The van der Waals surface area contributed by atoms with E-state index in [0.717, 1.165) is 11.5 Å². The third kappa shape index (κ3) is 51.1. The van der Waals surface area contributed by atoms with Crippen LogP contribution >= 0.6 is 0 Å². The molecule has 0 rings (SSSR count). The van der Waals surface area contributed by atoms with Crippen LogP contribution in [-0.4, -0.2) is 35.4 Å². The van der Waals surface area contributed by atoms with E-state index in [4.69, 9.17) is 25.3 Å². The first-order chi connectivity index (χ1) is 14.8. The second-order valence-corrected chi connectivity index (χ2v) is 10.0. The summed E-state index contributed by atoms with van der Waals surface area (Å²) in [4.78, 5) is 0. The minimum absolute atomic E-state index is 0. The SMILES string of the molecule is C.C.CCCCCCCCCCCCCC[S-].CCCCCCCCCCCCCC[S-].[Sn+2]. The van der Waals surface area contributed by atoms with Gasteiger partial charge in [0.25, 0.3) is 0 Å². The molecular formula is C30H66S2Sn. The first-order valence-corrected chi connectivity index (χ1v) is 15.1. The molecule has 0 N–H and O–H groups in total. The fourth-order valence-electron chi connectivity index (χ4n) is 3.89. The third-order valence-corrected chi connectivity index (χ3v) is 6.57. The third-order valence-electron chi connectivity index (χ3n) is 6.00. The molecule has 0 aliphatic carbocycles. The Morgan fingerprint density at radius 2 is 0.455 bits per heavy atom. The van der Waals surface area contributed by atoms with Crippen molar-refractivity contribution in [3.63, 3.8) is 0 Å². The maximum absolute atomic E-state index is 4.92. The van der Waals surface area contributed by atoms with E-state index in [1.807, 2.05) is 0 Å². The number of hydrogen-bond donors (Lipinski definition) is 0.